The van der Waals surface area contributed by atoms with Crippen LogP contribution in [0.3, 0.4) is 0 Å². The Labute approximate surface area is 152 Å². The summed E-state index contributed by atoms with van der Waals surface area (Å²) in [5.74, 6) is -0.430. The summed E-state index contributed by atoms with van der Waals surface area (Å²) in [4.78, 5) is 11.1. The molecule has 1 amide bonds. The molecule has 0 saturated heterocycles. The van der Waals surface area contributed by atoms with E-state index in [9.17, 15) is 26.4 Å². The van der Waals surface area contributed by atoms with Crippen LogP contribution in [0.1, 0.15) is 17.5 Å². The van der Waals surface area contributed by atoms with Crippen molar-refractivity contribution in [3.63, 3.8) is 0 Å². The van der Waals surface area contributed by atoms with Crippen molar-refractivity contribution in [3.8, 4) is 0 Å². The Balaban J connectivity index is 1.93. The summed E-state index contributed by atoms with van der Waals surface area (Å²) in [7, 11) is -4.22. The number of carbonyl (C=O) groups is 1. The smallest absolute Gasteiger partial charge is 0.417 e. The van der Waals surface area contributed by atoms with Gasteiger partial charge in [-0.25, -0.2) is 13.1 Å². The quantitative estimate of drug-likeness (QED) is 0.734. The molecule has 0 atom stereocenters. The Bertz CT molecular complexity index is 868. The maximum atomic E-state index is 12.8. The minimum Gasteiger partial charge on any atom is -0.472 e. The molecule has 0 spiro atoms. The van der Waals surface area contributed by atoms with E-state index in [1.807, 2.05) is 0 Å². The maximum absolute atomic E-state index is 12.8. The van der Waals surface area contributed by atoms with Gasteiger partial charge in [-0.3, -0.25) is 4.79 Å². The molecule has 0 aliphatic carbocycles. The van der Waals surface area contributed by atoms with E-state index in [1.54, 1.807) is 6.07 Å². The Morgan fingerprint density at radius 3 is 2.58 bits per heavy atom. The Morgan fingerprint density at radius 1 is 1.23 bits per heavy atom. The summed E-state index contributed by atoms with van der Waals surface area (Å²) in [6, 6.07) is 3.92. The molecule has 0 unspecified atom stereocenters. The topological polar surface area (TPSA) is 88.4 Å². The fourth-order valence-electron chi connectivity index (χ4n) is 1.95. The van der Waals surface area contributed by atoms with E-state index in [1.165, 1.54) is 12.5 Å². The number of nitrogens with one attached hydrogen (secondary N) is 2. The highest BCUT2D eigenvalue weighted by atomic mass is 35.5. The predicted octanol–water partition coefficient (Wildman–Crippen LogP) is 2.94. The summed E-state index contributed by atoms with van der Waals surface area (Å²) < 4.78 is 69.5. The fraction of sp³-hybridized carbons (Fsp3) is 0.267. The molecule has 1 aromatic heterocycles. The average molecular weight is 411 g/mol. The van der Waals surface area contributed by atoms with Crippen LogP contribution in [0.25, 0.3) is 0 Å². The van der Waals surface area contributed by atoms with E-state index in [0.717, 1.165) is 17.7 Å². The first kappa shape index (κ1) is 20.3. The molecule has 142 valence electrons. The highest BCUT2D eigenvalue weighted by molar-refractivity contribution is 7.89. The number of alkyl halides is 3. The first-order valence-electron chi connectivity index (χ1n) is 7.24. The zero-order valence-electron chi connectivity index (χ0n) is 13.1. The van der Waals surface area contributed by atoms with Crippen LogP contribution in [0.4, 0.5) is 13.2 Å². The summed E-state index contributed by atoms with van der Waals surface area (Å²) in [6.07, 6.45) is -2.08. The molecule has 0 aliphatic heterocycles. The van der Waals surface area contributed by atoms with Crippen molar-refractivity contribution >= 4 is 27.5 Å². The van der Waals surface area contributed by atoms with Gasteiger partial charge in [0.25, 0.3) is 0 Å². The van der Waals surface area contributed by atoms with Crippen LogP contribution in [0, 0.1) is 0 Å². The van der Waals surface area contributed by atoms with E-state index < -0.39 is 37.6 Å². The van der Waals surface area contributed by atoms with Crippen molar-refractivity contribution < 1.29 is 30.8 Å². The number of halogens is 4. The zero-order chi connectivity index (χ0) is 19.4. The number of hydrogen-bond acceptors (Lipinski definition) is 4. The third kappa shape index (κ3) is 5.48. The van der Waals surface area contributed by atoms with Crippen molar-refractivity contribution in [3.05, 3.63) is 52.9 Å². The third-order valence-corrected chi connectivity index (χ3v) is 5.06. The van der Waals surface area contributed by atoms with Gasteiger partial charge >= 0.3 is 6.18 Å². The number of sulfonamides is 1. The largest absolute Gasteiger partial charge is 0.472 e. The molecular weight excluding hydrogens is 397 g/mol. The van der Waals surface area contributed by atoms with Gasteiger partial charge in [-0.15, -0.1) is 0 Å². The van der Waals surface area contributed by atoms with Gasteiger partial charge in [0.05, 0.1) is 28.0 Å². The van der Waals surface area contributed by atoms with Gasteiger partial charge in [-0.1, -0.05) is 11.6 Å². The van der Waals surface area contributed by atoms with E-state index in [0.29, 0.717) is 6.07 Å². The molecule has 0 aliphatic rings. The second-order valence-electron chi connectivity index (χ2n) is 5.20. The SMILES string of the molecule is O=C(CCNS(=O)(=O)c1ccc(Cl)c(C(F)(F)F)c1)NCc1ccoc1. The second kappa shape index (κ2) is 8.11. The van der Waals surface area contributed by atoms with E-state index in [4.69, 9.17) is 16.0 Å². The number of furan rings is 1. The molecule has 11 heteroatoms. The van der Waals surface area contributed by atoms with Crippen LogP contribution in [-0.2, 0) is 27.5 Å². The van der Waals surface area contributed by atoms with Crippen LogP contribution < -0.4 is 10.0 Å². The van der Waals surface area contributed by atoms with Crippen LogP contribution in [0.15, 0.2) is 46.1 Å². The zero-order valence-corrected chi connectivity index (χ0v) is 14.7. The standard InChI is InChI=1S/C15H14ClF3N2O4S/c16-13-2-1-11(7-12(13)15(17,18)19)26(23,24)21-5-3-14(22)20-8-10-4-6-25-9-10/h1-2,4,6-7,9,21H,3,5,8H2,(H,20,22). The number of benzene rings is 1. The molecule has 2 N–H and O–H groups in total. The number of rotatable bonds is 7. The third-order valence-electron chi connectivity index (χ3n) is 3.27. The molecule has 26 heavy (non-hydrogen) atoms. The number of carbonyl (C=O) groups excluding carboxylic acids is 1. The molecule has 1 aromatic carbocycles. The van der Waals surface area contributed by atoms with E-state index in [2.05, 4.69) is 10.0 Å². The number of hydrogen-bond donors (Lipinski definition) is 2. The molecule has 0 radical (unpaired) electrons. The Kier molecular flexibility index (Phi) is 6.32. The highest BCUT2D eigenvalue weighted by Crippen LogP contribution is 2.35. The van der Waals surface area contributed by atoms with Crippen molar-refractivity contribution in [2.75, 3.05) is 6.54 Å². The lowest BCUT2D eigenvalue weighted by Gasteiger charge is -2.12. The van der Waals surface area contributed by atoms with Gasteiger partial charge in [-0.2, -0.15) is 13.2 Å². The van der Waals surface area contributed by atoms with Crippen molar-refractivity contribution in [1.82, 2.24) is 10.0 Å². The molecule has 0 fully saturated rings. The predicted molar refractivity (Wildman–Crippen MR) is 86.8 cm³/mol. The van der Waals surface area contributed by atoms with Gasteiger partial charge in [0.1, 0.15) is 0 Å². The van der Waals surface area contributed by atoms with Crippen LogP contribution >= 0.6 is 11.6 Å². The minimum atomic E-state index is -4.78. The van der Waals surface area contributed by atoms with Gasteiger partial charge in [0.15, 0.2) is 0 Å². The summed E-state index contributed by atoms with van der Waals surface area (Å²) in [6.45, 7) is -0.0578. The monoisotopic (exact) mass is 410 g/mol. The van der Waals surface area contributed by atoms with E-state index >= 15 is 0 Å². The van der Waals surface area contributed by atoms with Crippen molar-refractivity contribution in [1.29, 1.82) is 0 Å². The molecule has 1 heterocycles. The van der Waals surface area contributed by atoms with Crippen LogP contribution in [0.5, 0.6) is 0 Å². The first-order valence-corrected chi connectivity index (χ1v) is 9.10. The highest BCUT2D eigenvalue weighted by Gasteiger charge is 2.34. The summed E-state index contributed by atoms with van der Waals surface area (Å²) >= 11 is 5.46. The Morgan fingerprint density at radius 2 is 1.96 bits per heavy atom. The molecule has 0 bridgehead atoms. The lowest BCUT2D eigenvalue weighted by atomic mass is 10.2. The molecule has 2 aromatic rings. The molecule has 2 rings (SSSR count). The lowest BCUT2D eigenvalue weighted by molar-refractivity contribution is -0.137. The van der Waals surface area contributed by atoms with Gasteiger partial charge < -0.3 is 9.73 Å². The molecular formula is C15H14ClF3N2O4S. The molecule has 0 saturated carbocycles. The fourth-order valence-corrected chi connectivity index (χ4v) is 3.24. The average Bonchev–Trinajstić information content (AvgIpc) is 3.05. The normalized spacial score (nSPS) is 12.2. The summed E-state index contributed by atoms with van der Waals surface area (Å²) in [5.41, 5.74) is -0.514. The minimum absolute atomic E-state index is 0.184. The lowest BCUT2D eigenvalue weighted by Crippen LogP contribution is -2.30. The van der Waals surface area contributed by atoms with Crippen molar-refractivity contribution in [2.24, 2.45) is 0 Å². The summed E-state index contributed by atoms with van der Waals surface area (Å²) in [5, 5.41) is 1.95. The number of amides is 1. The van der Waals surface area contributed by atoms with Gasteiger partial charge in [0.2, 0.25) is 15.9 Å². The maximum Gasteiger partial charge on any atom is 0.417 e. The van der Waals surface area contributed by atoms with Crippen LogP contribution in [-0.4, -0.2) is 20.9 Å². The second-order valence-corrected chi connectivity index (χ2v) is 7.37. The van der Waals surface area contributed by atoms with Gasteiger partial charge in [-0.05, 0) is 24.3 Å². The van der Waals surface area contributed by atoms with Crippen molar-refractivity contribution in [2.45, 2.75) is 24.0 Å². The van der Waals surface area contributed by atoms with Gasteiger partial charge in [0, 0.05) is 25.1 Å². The first-order chi connectivity index (χ1) is 12.1. The van der Waals surface area contributed by atoms with Crippen LogP contribution in [0.2, 0.25) is 5.02 Å². The van der Waals surface area contributed by atoms with E-state index in [-0.39, 0.29) is 19.5 Å². The molecule has 6 nitrogen and oxygen atoms in total. The Hall–Kier alpha value is -2.04.